The summed E-state index contributed by atoms with van der Waals surface area (Å²) < 4.78 is 61.0. The SMILES string of the molecule is CO[C@H]1O[C@H](COC(=O)c2ccccc2)[C@@H](OC(=O)c2ccccc2)[C@H](O[C@H]2O[C@H](COC(=O)c3ccccc3)[C@@H](OC(=O)c3ccccc3)[C@H](O)[C@@H]2OC(=O)c2ccccc2)[C@@H]1OC(=O)c1ccccc1. The lowest BCUT2D eigenvalue weighted by molar-refractivity contribution is -0.355. The Kier molecular flexibility index (Phi) is 16.9. The van der Waals surface area contributed by atoms with Gasteiger partial charge in [0.1, 0.15) is 37.6 Å². The molecule has 0 unspecified atom stereocenters. The van der Waals surface area contributed by atoms with Gasteiger partial charge >= 0.3 is 35.8 Å². The van der Waals surface area contributed by atoms with Crippen molar-refractivity contribution in [2.75, 3.05) is 20.3 Å². The van der Waals surface area contributed by atoms with Gasteiger partial charge in [0.25, 0.3) is 0 Å². The lowest BCUT2D eigenvalue weighted by Gasteiger charge is -2.48. The molecule has 2 saturated heterocycles. The van der Waals surface area contributed by atoms with E-state index in [-0.39, 0.29) is 33.4 Å². The van der Waals surface area contributed by atoms with E-state index >= 15 is 0 Å². The van der Waals surface area contributed by atoms with E-state index in [1.165, 1.54) is 79.9 Å². The van der Waals surface area contributed by atoms with Crippen molar-refractivity contribution in [2.24, 2.45) is 0 Å². The van der Waals surface area contributed by atoms with Crippen molar-refractivity contribution in [3.63, 3.8) is 0 Å². The Bertz CT molecular complexity index is 2740. The third-order valence-corrected chi connectivity index (χ3v) is 11.5. The zero-order chi connectivity index (χ0) is 50.4. The first-order chi connectivity index (χ1) is 35.1. The lowest BCUT2D eigenvalue weighted by Crippen LogP contribution is -2.67. The first-order valence-electron chi connectivity index (χ1n) is 22.7. The number of hydrogen-bond donors (Lipinski definition) is 1. The van der Waals surface area contributed by atoms with Crippen LogP contribution in [0.1, 0.15) is 62.1 Å². The topological polar surface area (TPSA) is 215 Å². The molecule has 2 fully saturated rings. The molecule has 8 rings (SSSR count). The van der Waals surface area contributed by atoms with Crippen LogP contribution in [0.4, 0.5) is 0 Å². The Morgan fingerprint density at radius 2 is 0.667 bits per heavy atom. The molecule has 6 aromatic rings. The second kappa shape index (κ2) is 24.2. The molecule has 17 nitrogen and oxygen atoms in total. The number of aliphatic hydroxyl groups excluding tert-OH is 1. The van der Waals surface area contributed by atoms with Gasteiger partial charge in [-0.2, -0.15) is 0 Å². The van der Waals surface area contributed by atoms with E-state index < -0.39 is 110 Å². The van der Waals surface area contributed by atoms with Gasteiger partial charge in [0.2, 0.25) is 0 Å². The van der Waals surface area contributed by atoms with Crippen LogP contribution in [0.5, 0.6) is 0 Å². The summed E-state index contributed by atoms with van der Waals surface area (Å²) in [5.74, 6) is -5.31. The Morgan fingerprint density at radius 3 is 1.03 bits per heavy atom. The number of methoxy groups -OCH3 is 1. The minimum absolute atomic E-state index is 0.0374. The van der Waals surface area contributed by atoms with Crippen LogP contribution in [-0.4, -0.2) is 123 Å². The molecular formula is C55H48O17. The maximum atomic E-state index is 14.1. The van der Waals surface area contributed by atoms with Crippen LogP contribution >= 0.6 is 0 Å². The van der Waals surface area contributed by atoms with Gasteiger partial charge < -0.3 is 52.5 Å². The second-order valence-electron chi connectivity index (χ2n) is 16.3. The molecule has 0 radical (unpaired) electrons. The van der Waals surface area contributed by atoms with Crippen LogP contribution in [-0.2, 0) is 47.4 Å². The van der Waals surface area contributed by atoms with E-state index in [1.54, 1.807) is 109 Å². The van der Waals surface area contributed by atoms with Gasteiger partial charge in [-0.25, -0.2) is 28.8 Å². The average molecular weight is 981 g/mol. The standard InChI is InChI=1S/C55H48O17/c1-63-54-47(71-53(62)39-30-18-7-19-31-39)46(44(69-51(60)37-26-14-5-15-27-37)41(66-54)33-65-49(58)35-22-10-3-11-23-35)72-55-45(70-52(61)38-28-16-6-17-29-38)42(56)43(68-50(59)36-24-12-4-13-25-36)40(67-55)32-64-48(57)34-20-8-2-9-21-34/h2-31,40-47,54-56H,32-33H2,1H3/t40-,41-,42+,43-,44-,45+,46+,47+,54+,55-/m1/s1. The summed E-state index contributed by atoms with van der Waals surface area (Å²) in [6, 6.07) is 47.3. The van der Waals surface area contributed by atoms with E-state index in [2.05, 4.69) is 0 Å². The summed E-state index contributed by atoms with van der Waals surface area (Å²) in [5.41, 5.74) is 0.628. The monoisotopic (exact) mass is 980 g/mol. The molecule has 0 aromatic heterocycles. The smallest absolute Gasteiger partial charge is 0.338 e. The molecule has 0 bridgehead atoms. The summed E-state index contributed by atoms with van der Waals surface area (Å²) in [5, 5.41) is 12.5. The van der Waals surface area contributed by atoms with E-state index in [0.29, 0.717) is 0 Å². The van der Waals surface area contributed by atoms with Crippen LogP contribution in [0.25, 0.3) is 0 Å². The fraction of sp³-hybridized carbons (Fsp3) is 0.236. The third-order valence-electron chi connectivity index (χ3n) is 11.5. The zero-order valence-electron chi connectivity index (χ0n) is 38.5. The molecule has 17 heteroatoms. The van der Waals surface area contributed by atoms with Gasteiger partial charge in [-0.05, 0) is 72.8 Å². The Morgan fingerprint density at radius 1 is 0.375 bits per heavy atom. The second-order valence-corrected chi connectivity index (χ2v) is 16.3. The van der Waals surface area contributed by atoms with Gasteiger partial charge in [0, 0.05) is 7.11 Å². The van der Waals surface area contributed by atoms with Crippen molar-refractivity contribution < 1.29 is 81.2 Å². The molecule has 6 aromatic carbocycles. The normalized spacial score (nSPS) is 23.6. The summed E-state index contributed by atoms with van der Waals surface area (Å²) in [7, 11) is 1.24. The van der Waals surface area contributed by atoms with Gasteiger partial charge in [-0.1, -0.05) is 109 Å². The maximum absolute atomic E-state index is 14.1. The quantitative estimate of drug-likeness (QED) is 0.0768. The molecule has 2 heterocycles. The van der Waals surface area contributed by atoms with Crippen molar-refractivity contribution in [3.8, 4) is 0 Å². The van der Waals surface area contributed by atoms with E-state index in [1.807, 2.05) is 0 Å². The fourth-order valence-corrected chi connectivity index (χ4v) is 7.88. The Hall–Kier alpha value is -8.06. The average Bonchev–Trinajstić information content (AvgIpc) is 3.43. The first-order valence-corrected chi connectivity index (χ1v) is 22.7. The highest BCUT2D eigenvalue weighted by Crippen LogP contribution is 2.36. The van der Waals surface area contributed by atoms with Gasteiger partial charge in [0.15, 0.2) is 37.0 Å². The maximum Gasteiger partial charge on any atom is 0.338 e. The number of carbonyl (C=O) groups excluding carboxylic acids is 6. The first kappa shape index (κ1) is 50.3. The summed E-state index contributed by atoms with van der Waals surface area (Å²) in [6.45, 7) is -1.28. The molecular weight excluding hydrogens is 933 g/mol. The highest BCUT2D eigenvalue weighted by Gasteiger charge is 2.57. The van der Waals surface area contributed by atoms with Crippen molar-refractivity contribution in [1.82, 2.24) is 0 Å². The number of rotatable bonds is 17. The number of benzene rings is 6. The van der Waals surface area contributed by atoms with Crippen LogP contribution in [0.2, 0.25) is 0 Å². The Balaban J connectivity index is 1.22. The number of esters is 6. The molecule has 2 aliphatic heterocycles. The lowest BCUT2D eigenvalue weighted by atomic mass is 9.96. The van der Waals surface area contributed by atoms with E-state index in [4.69, 9.17) is 47.4 Å². The van der Waals surface area contributed by atoms with Crippen LogP contribution < -0.4 is 0 Å². The number of ether oxygens (including phenoxy) is 10. The summed E-state index contributed by atoms with van der Waals surface area (Å²) in [6.07, 6.45) is -17.4. The molecule has 1 N–H and O–H groups in total. The highest BCUT2D eigenvalue weighted by atomic mass is 16.8. The molecule has 10 atom stereocenters. The molecule has 0 aliphatic carbocycles. The van der Waals surface area contributed by atoms with E-state index in [0.717, 1.165) is 0 Å². The molecule has 2 aliphatic rings. The van der Waals surface area contributed by atoms with Crippen LogP contribution in [0.15, 0.2) is 182 Å². The van der Waals surface area contributed by atoms with Gasteiger partial charge in [-0.3, -0.25) is 0 Å². The predicted octanol–water partition coefficient (Wildman–Crippen LogP) is 6.45. The van der Waals surface area contributed by atoms with Gasteiger partial charge in [0.05, 0.1) is 33.4 Å². The predicted molar refractivity (Wildman–Crippen MR) is 251 cm³/mol. The number of hydrogen-bond acceptors (Lipinski definition) is 17. The molecule has 370 valence electrons. The van der Waals surface area contributed by atoms with Crippen LogP contribution in [0.3, 0.4) is 0 Å². The minimum atomic E-state index is -2.01. The Labute approximate surface area is 413 Å². The number of carbonyl (C=O) groups is 6. The summed E-state index contributed by atoms with van der Waals surface area (Å²) in [4.78, 5) is 82.7. The fourth-order valence-electron chi connectivity index (χ4n) is 7.88. The van der Waals surface area contributed by atoms with Crippen molar-refractivity contribution in [1.29, 1.82) is 0 Å². The van der Waals surface area contributed by atoms with Crippen LogP contribution in [0, 0.1) is 0 Å². The molecule has 0 spiro atoms. The van der Waals surface area contributed by atoms with Crippen molar-refractivity contribution >= 4 is 35.8 Å². The number of aliphatic hydroxyl groups is 1. The molecule has 72 heavy (non-hydrogen) atoms. The molecule has 0 amide bonds. The zero-order valence-corrected chi connectivity index (χ0v) is 38.5. The summed E-state index contributed by atoms with van der Waals surface area (Å²) >= 11 is 0. The third kappa shape index (κ3) is 12.4. The molecule has 0 saturated carbocycles. The van der Waals surface area contributed by atoms with Crippen molar-refractivity contribution in [2.45, 2.75) is 61.4 Å². The highest BCUT2D eigenvalue weighted by molar-refractivity contribution is 5.92. The van der Waals surface area contributed by atoms with Gasteiger partial charge in [-0.15, -0.1) is 0 Å². The minimum Gasteiger partial charge on any atom is -0.459 e. The van der Waals surface area contributed by atoms with Crippen molar-refractivity contribution in [3.05, 3.63) is 215 Å². The van der Waals surface area contributed by atoms with E-state index in [9.17, 15) is 33.9 Å². The largest absolute Gasteiger partial charge is 0.459 e.